The van der Waals surface area contributed by atoms with Crippen LogP contribution >= 0.6 is 0 Å². The van der Waals surface area contributed by atoms with E-state index in [2.05, 4.69) is 19.1 Å². The van der Waals surface area contributed by atoms with Gasteiger partial charge in [0.2, 0.25) is 0 Å². The summed E-state index contributed by atoms with van der Waals surface area (Å²) in [6, 6.07) is 8.21. The predicted octanol–water partition coefficient (Wildman–Crippen LogP) is 3.33. The minimum atomic E-state index is -0.416. The molecule has 1 fully saturated rings. The number of nitrogens with two attached hydrogens (primary N) is 1. The Hall–Kier alpha value is -0.860. The highest BCUT2D eigenvalue weighted by atomic mass is 16.3. The van der Waals surface area contributed by atoms with Crippen molar-refractivity contribution in [3.05, 3.63) is 35.4 Å². The van der Waals surface area contributed by atoms with Gasteiger partial charge >= 0.3 is 0 Å². The van der Waals surface area contributed by atoms with Crippen molar-refractivity contribution >= 4 is 0 Å². The lowest BCUT2D eigenvalue weighted by atomic mass is 9.73. The molecule has 1 saturated carbocycles. The molecule has 2 nitrogen and oxygen atoms in total. The Kier molecular flexibility index (Phi) is 4.41. The molecule has 0 aromatic heterocycles. The molecule has 0 spiro atoms. The van der Waals surface area contributed by atoms with Crippen LogP contribution in [0, 0.1) is 12.3 Å². The molecule has 1 aromatic rings. The van der Waals surface area contributed by atoms with Crippen LogP contribution in [-0.2, 0) is 0 Å². The predicted molar refractivity (Wildman–Crippen MR) is 75.3 cm³/mol. The number of hydrogen-bond donors (Lipinski definition) is 2. The van der Waals surface area contributed by atoms with Gasteiger partial charge in [0.15, 0.2) is 0 Å². The van der Waals surface area contributed by atoms with Crippen LogP contribution < -0.4 is 5.73 Å². The van der Waals surface area contributed by atoms with Gasteiger partial charge in [0.1, 0.15) is 0 Å². The molecule has 1 aromatic carbocycles. The van der Waals surface area contributed by atoms with E-state index in [0.29, 0.717) is 6.54 Å². The second kappa shape index (κ2) is 5.85. The molecule has 3 N–H and O–H groups in total. The number of aliphatic hydroxyl groups excluding tert-OH is 1. The first-order valence-electron chi connectivity index (χ1n) is 7.13. The van der Waals surface area contributed by atoms with Crippen LogP contribution in [0.2, 0.25) is 0 Å². The average molecular weight is 247 g/mol. The number of rotatable bonds is 3. The highest BCUT2D eigenvalue weighted by molar-refractivity contribution is 5.25. The standard InChI is InChI=1S/C16H25NO/c1-13-7-6-8-14(11-13)15(18)16(12-17)9-4-2-3-5-10-16/h6-8,11,15,18H,2-5,9-10,12,17H2,1H3. The Balaban J connectivity index is 2.25. The van der Waals surface area contributed by atoms with Crippen molar-refractivity contribution in [3.63, 3.8) is 0 Å². The van der Waals surface area contributed by atoms with E-state index in [1.807, 2.05) is 12.1 Å². The second-order valence-electron chi connectivity index (χ2n) is 5.80. The molecule has 0 bridgehead atoms. The van der Waals surface area contributed by atoms with Crippen LogP contribution in [0.3, 0.4) is 0 Å². The third-order valence-electron chi connectivity index (χ3n) is 4.44. The molecule has 100 valence electrons. The van der Waals surface area contributed by atoms with E-state index in [-0.39, 0.29) is 5.41 Å². The Morgan fingerprint density at radius 1 is 1.22 bits per heavy atom. The van der Waals surface area contributed by atoms with Gasteiger partial charge in [-0.15, -0.1) is 0 Å². The molecule has 1 aliphatic rings. The van der Waals surface area contributed by atoms with Gasteiger partial charge in [-0.1, -0.05) is 55.5 Å². The van der Waals surface area contributed by atoms with Gasteiger partial charge in [-0.25, -0.2) is 0 Å². The van der Waals surface area contributed by atoms with Gasteiger partial charge in [0.05, 0.1) is 6.10 Å². The van der Waals surface area contributed by atoms with Crippen LogP contribution in [-0.4, -0.2) is 11.7 Å². The topological polar surface area (TPSA) is 46.2 Å². The quantitative estimate of drug-likeness (QED) is 0.805. The molecule has 2 heteroatoms. The molecule has 18 heavy (non-hydrogen) atoms. The number of aliphatic hydroxyl groups is 1. The average Bonchev–Trinajstić information content (AvgIpc) is 2.64. The highest BCUT2D eigenvalue weighted by Gasteiger charge is 2.37. The zero-order valence-electron chi connectivity index (χ0n) is 11.4. The third kappa shape index (κ3) is 2.76. The molecule has 0 amide bonds. The molecular weight excluding hydrogens is 222 g/mol. The molecule has 0 saturated heterocycles. The molecule has 0 heterocycles. The van der Waals surface area contributed by atoms with E-state index in [1.165, 1.54) is 31.2 Å². The van der Waals surface area contributed by atoms with Gasteiger partial charge in [-0.05, 0) is 25.3 Å². The van der Waals surface area contributed by atoms with E-state index in [4.69, 9.17) is 5.73 Å². The third-order valence-corrected chi connectivity index (χ3v) is 4.44. The van der Waals surface area contributed by atoms with Crippen molar-refractivity contribution in [1.82, 2.24) is 0 Å². The molecule has 1 atom stereocenters. The van der Waals surface area contributed by atoms with Gasteiger partial charge in [-0.2, -0.15) is 0 Å². The minimum Gasteiger partial charge on any atom is -0.388 e. The first-order chi connectivity index (χ1) is 8.68. The maximum Gasteiger partial charge on any atom is 0.0858 e. The van der Waals surface area contributed by atoms with Crippen LogP contribution in [0.4, 0.5) is 0 Å². The molecule has 0 aliphatic heterocycles. The zero-order valence-corrected chi connectivity index (χ0v) is 11.4. The molecule has 2 rings (SSSR count). The lowest BCUT2D eigenvalue weighted by Crippen LogP contribution is -2.36. The van der Waals surface area contributed by atoms with E-state index in [9.17, 15) is 5.11 Å². The summed E-state index contributed by atoms with van der Waals surface area (Å²) >= 11 is 0. The summed E-state index contributed by atoms with van der Waals surface area (Å²) in [7, 11) is 0. The summed E-state index contributed by atoms with van der Waals surface area (Å²) in [5, 5.41) is 10.8. The fourth-order valence-electron chi connectivity index (χ4n) is 3.22. The first kappa shape index (κ1) is 13.6. The van der Waals surface area contributed by atoms with Gasteiger partial charge in [0, 0.05) is 12.0 Å². The summed E-state index contributed by atoms with van der Waals surface area (Å²) in [6.45, 7) is 2.65. The van der Waals surface area contributed by atoms with E-state index in [0.717, 1.165) is 18.4 Å². The normalized spacial score (nSPS) is 21.3. The van der Waals surface area contributed by atoms with Crippen molar-refractivity contribution in [2.45, 2.75) is 51.6 Å². The Morgan fingerprint density at radius 2 is 1.89 bits per heavy atom. The van der Waals surface area contributed by atoms with Crippen molar-refractivity contribution in [2.75, 3.05) is 6.54 Å². The van der Waals surface area contributed by atoms with Crippen LogP contribution in [0.1, 0.15) is 55.8 Å². The smallest absolute Gasteiger partial charge is 0.0858 e. The van der Waals surface area contributed by atoms with Gasteiger partial charge in [-0.3, -0.25) is 0 Å². The molecule has 1 aliphatic carbocycles. The largest absolute Gasteiger partial charge is 0.388 e. The van der Waals surface area contributed by atoms with Crippen LogP contribution in [0.25, 0.3) is 0 Å². The summed E-state index contributed by atoms with van der Waals surface area (Å²) < 4.78 is 0. The Bertz CT molecular complexity index is 380. The van der Waals surface area contributed by atoms with Crippen molar-refractivity contribution in [2.24, 2.45) is 11.1 Å². The number of benzene rings is 1. The highest BCUT2D eigenvalue weighted by Crippen LogP contribution is 2.44. The summed E-state index contributed by atoms with van der Waals surface area (Å²) in [6.07, 6.45) is 6.64. The van der Waals surface area contributed by atoms with E-state index < -0.39 is 6.10 Å². The monoisotopic (exact) mass is 247 g/mol. The SMILES string of the molecule is Cc1cccc(C(O)C2(CN)CCCCCC2)c1. The lowest BCUT2D eigenvalue weighted by Gasteiger charge is -2.36. The second-order valence-corrected chi connectivity index (χ2v) is 5.80. The maximum absolute atomic E-state index is 10.8. The van der Waals surface area contributed by atoms with Gasteiger partial charge in [0.25, 0.3) is 0 Å². The Labute approximate surface area is 110 Å². The molecule has 1 unspecified atom stereocenters. The summed E-state index contributed by atoms with van der Waals surface area (Å²) in [5.74, 6) is 0. The maximum atomic E-state index is 10.8. The van der Waals surface area contributed by atoms with Crippen molar-refractivity contribution in [3.8, 4) is 0 Å². The number of hydrogen-bond acceptors (Lipinski definition) is 2. The molecular formula is C16H25NO. The van der Waals surface area contributed by atoms with Gasteiger partial charge < -0.3 is 10.8 Å². The summed E-state index contributed by atoms with van der Waals surface area (Å²) in [5.41, 5.74) is 8.15. The summed E-state index contributed by atoms with van der Waals surface area (Å²) in [4.78, 5) is 0. The van der Waals surface area contributed by atoms with Crippen molar-refractivity contribution < 1.29 is 5.11 Å². The van der Waals surface area contributed by atoms with Crippen LogP contribution in [0.5, 0.6) is 0 Å². The van der Waals surface area contributed by atoms with Crippen LogP contribution in [0.15, 0.2) is 24.3 Å². The number of aryl methyl sites for hydroxylation is 1. The lowest BCUT2D eigenvalue weighted by molar-refractivity contribution is 0.0166. The fraction of sp³-hybridized carbons (Fsp3) is 0.625. The fourth-order valence-corrected chi connectivity index (χ4v) is 3.22. The van der Waals surface area contributed by atoms with Crippen molar-refractivity contribution in [1.29, 1.82) is 0 Å². The Morgan fingerprint density at radius 3 is 2.44 bits per heavy atom. The molecule has 0 radical (unpaired) electrons. The van der Waals surface area contributed by atoms with E-state index >= 15 is 0 Å². The van der Waals surface area contributed by atoms with E-state index in [1.54, 1.807) is 0 Å². The minimum absolute atomic E-state index is 0.107. The first-order valence-corrected chi connectivity index (χ1v) is 7.13. The zero-order chi connectivity index (χ0) is 13.0.